The van der Waals surface area contributed by atoms with Gasteiger partial charge in [0.2, 0.25) is 11.6 Å². The number of hydrogen-bond donors (Lipinski definition) is 0. The number of hydrogen-bond acceptors (Lipinski definition) is 5. The van der Waals surface area contributed by atoms with E-state index in [-0.39, 0.29) is 34.4 Å². The molecule has 0 unspecified atom stereocenters. The first-order valence-corrected chi connectivity index (χ1v) is 9.56. The maximum absolute atomic E-state index is 13.0. The van der Waals surface area contributed by atoms with Gasteiger partial charge in [0.05, 0.1) is 11.1 Å². The van der Waals surface area contributed by atoms with Gasteiger partial charge >= 0.3 is 12.4 Å². The Balaban J connectivity index is 1.67. The summed E-state index contributed by atoms with van der Waals surface area (Å²) in [6, 6.07) is 8.74. The largest absolute Gasteiger partial charge is 0.416 e. The van der Waals surface area contributed by atoms with Gasteiger partial charge in [-0.2, -0.15) is 26.3 Å². The summed E-state index contributed by atoms with van der Waals surface area (Å²) in [6.45, 7) is 0. The highest BCUT2D eigenvalue weighted by Crippen LogP contribution is 2.33. The molecule has 2 aromatic heterocycles. The minimum atomic E-state index is -4.56. The molecule has 0 fully saturated rings. The van der Waals surface area contributed by atoms with Gasteiger partial charge in [-0.25, -0.2) is 19.3 Å². The van der Waals surface area contributed by atoms with Gasteiger partial charge in [0, 0.05) is 25.2 Å². The van der Waals surface area contributed by atoms with E-state index in [1.54, 1.807) is 0 Å². The van der Waals surface area contributed by atoms with Crippen molar-refractivity contribution in [1.29, 1.82) is 0 Å². The summed E-state index contributed by atoms with van der Waals surface area (Å²) in [6.07, 6.45) is -9.13. The van der Waals surface area contributed by atoms with Crippen molar-refractivity contribution in [2.75, 3.05) is 0 Å². The van der Waals surface area contributed by atoms with Crippen molar-refractivity contribution in [2.24, 2.45) is 14.1 Å². The molecule has 0 aliphatic heterocycles. The number of halogens is 6. The average molecular weight is 480 g/mol. The Labute approximate surface area is 187 Å². The van der Waals surface area contributed by atoms with Gasteiger partial charge in [-0.1, -0.05) is 24.3 Å². The molecule has 0 bridgehead atoms. The third kappa shape index (κ3) is 4.40. The fraction of sp³-hybridized carbons (Fsp3) is 0.190. The maximum atomic E-state index is 13.0. The molecule has 0 aliphatic rings. The quantitative estimate of drug-likeness (QED) is 0.317. The van der Waals surface area contributed by atoms with Crippen molar-refractivity contribution in [3.05, 3.63) is 71.3 Å². The van der Waals surface area contributed by atoms with Crippen LogP contribution in [-0.2, 0) is 26.4 Å². The zero-order valence-electron chi connectivity index (χ0n) is 17.5. The smallest absolute Gasteiger partial charge is 0.281 e. The molecular formula is C21H14F6N6O. The van der Waals surface area contributed by atoms with E-state index in [9.17, 15) is 31.1 Å². The highest BCUT2D eigenvalue weighted by molar-refractivity contribution is 6.04. The summed E-state index contributed by atoms with van der Waals surface area (Å²) in [5.74, 6) is -1.60. The van der Waals surface area contributed by atoms with Crippen molar-refractivity contribution in [3.63, 3.8) is 0 Å². The number of benzene rings is 2. The molecule has 0 atom stereocenters. The van der Waals surface area contributed by atoms with Gasteiger partial charge < -0.3 is 0 Å². The molecule has 0 saturated carbocycles. The van der Waals surface area contributed by atoms with E-state index in [1.807, 2.05) is 0 Å². The summed E-state index contributed by atoms with van der Waals surface area (Å²) >= 11 is 0. The lowest BCUT2D eigenvalue weighted by molar-refractivity contribution is -0.138. The van der Waals surface area contributed by atoms with Crippen LogP contribution in [0.3, 0.4) is 0 Å². The van der Waals surface area contributed by atoms with Gasteiger partial charge in [-0.3, -0.25) is 4.79 Å². The Hall–Kier alpha value is -4.03. The SMILES string of the molecule is Cn1nc(C(=O)c2nc(-c3cccc(C(F)(F)F)c3)n(C)n2)nc1-c1cccc(C(F)(F)F)c1. The molecule has 7 nitrogen and oxygen atoms in total. The van der Waals surface area contributed by atoms with Crippen LogP contribution in [0.4, 0.5) is 26.3 Å². The second-order valence-corrected chi connectivity index (χ2v) is 7.25. The fourth-order valence-electron chi connectivity index (χ4n) is 3.23. The third-order valence-electron chi connectivity index (χ3n) is 4.83. The molecule has 0 radical (unpaired) electrons. The number of carbonyl (C=O) groups is 1. The van der Waals surface area contributed by atoms with Crippen LogP contribution in [0.2, 0.25) is 0 Å². The lowest BCUT2D eigenvalue weighted by atomic mass is 10.1. The van der Waals surface area contributed by atoms with E-state index in [4.69, 9.17) is 0 Å². The van der Waals surface area contributed by atoms with Gasteiger partial charge in [0.1, 0.15) is 0 Å². The normalized spacial score (nSPS) is 12.2. The Morgan fingerprint density at radius 3 is 1.44 bits per heavy atom. The lowest BCUT2D eigenvalue weighted by Gasteiger charge is -2.07. The molecule has 0 aliphatic carbocycles. The van der Waals surface area contributed by atoms with Crippen LogP contribution < -0.4 is 0 Å². The number of nitrogens with zero attached hydrogens (tertiary/aromatic N) is 6. The Morgan fingerprint density at radius 1 is 0.706 bits per heavy atom. The number of carbonyl (C=O) groups excluding carboxylic acids is 1. The van der Waals surface area contributed by atoms with Crippen LogP contribution in [0.5, 0.6) is 0 Å². The second-order valence-electron chi connectivity index (χ2n) is 7.25. The third-order valence-corrected chi connectivity index (χ3v) is 4.83. The topological polar surface area (TPSA) is 78.5 Å². The molecule has 2 heterocycles. The van der Waals surface area contributed by atoms with Gasteiger partial charge in [-0.05, 0) is 24.3 Å². The summed E-state index contributed by atoms with van der Waals surface area (Å²) in [7, 11) is 2.80. The Bertz CT molecular complexity index is 1280. The average Bonchev–Trinajstić information content (AvgIpc) is 3.35. The van der Waals surface area contributed by atoms with E-state index in [2.05, 4.69) is 20.2 Å². The molecule has 2 aromatic carbocycles. The first kappa shape index (κ1) is 23.1. The molecule has 0 N–H and O–H groups in total. The highest BCUT2D eigenvalue weighted by Gasteiger charge is 2.32. The van der Waals surface area contributed by atoms with Crippen LogP contribution in [0.25, 0.3) is 22.8 Å². The molecule has 4 rings (SSSR count). The molecular weight excluding hydrogens is 466 g/mol. The van der Waals surface area contributed by atoms with Crippen LogP contribution in [0.15, 0.2) is 48.5 Å². The van der Waals surface area contributed by atoms with Crippen molar-refractivity contribution in [3.8, 4) is 22.8 Å². The zero-order chi connectivity index (χ0) is 24.8. The first-order chi connectivity index (χ1) is 15.8. The van der Waals surface area contributed by atoms with Gasteiger partial charge in [0.15, 0.2) is 11.6 Å². The molecule has 0 spiro atoms. The molecule has 13 heteroatoms. The van der Waals surface area contributed by atoms with E-state index < -0.39 is 29.3 Å². The fourth-order valence-corrected chi connectivity index (χ4v) is 3.23. The maximum Gasteiger partial charge on any atom is 0.416 e. The molecule has 0 amide bonds. The summed E-state index contributed by atoms with van der Waals surface area (Å²) < 4.78 is 80.5. The second kappa shape index (κ2) is 8.08. The number of rotatable bonds is 4. The van der Waals surface area contributed by atoms with E-state index in [1.165, 1.54) is 38.4 Å². The van der Waals surface area contributed by atoms with Crippen molar-refractivity contribution in [2.45, 2.75) is 12.4 Å². The van der Waals surface area contributed by atoms with Crippen LogP contribution in [-0.4, -0.2) is 35.3 Å². The van der Waals surface area contributed by atoms with Crippen LogP contribution in [0, 0.1) is 0 Å². The minimum Gasteiger partial charge on any atom is -0.281 e. The van der Waals surface area contributed by atoms with Crippen molar-refractivity contribution >= 4 is 5.78 Å². The van der Waals surface area contributed by atoms with E-state index in [0.717, 1.165) is 33.6 Å². The van der Waals surface area contributed by atoms with E-state index >= 15 is 0 Å². The van der Waals surface area contributed by atoms with Crippen LogP contribution >= 0.6 is 0 Å². The molecule has 34 heavy (non-hydrogen) atoms. The zero-order valence-corrected chi connectivity index (χ0v) is 17.5. The number of aromatic nitrogens is 6. The number of aryl methyl sites for hydroxylation is 2. The molecule has 4 aromatic rings. The first-order valence-electron chi connectivity index (χ1n) is 9.56. The minimum absolute atomic E-state index is 0.00322. The summed E-state index contributed by atoms with van der Waals surface area (Å²) in [5.41, 5.74) is -1.61. The van der Waals surface area contributed by atoms with Crippen molar-refractivity contribution < 1.29 is 31.1 Å². The predicted octanol–water partition coefficient (Wildman–Crippen LogP) is 4.55. The lowest BCUT2D eigenvalue weighted by Crippen LogP contribution is -2.07. The Kier molecular flexibility index (Phi) is 5.50. The molecule has 176 valence electrons. The standard InChI is InChI=1S/C21H14F6N6O/c1-32-18(11-5-3-7-13(9-11)20(22,23)24)28-16(30-32)15(34)17-29-19(33(2)31-17)12-6-4-8-14(10-12)21(25,26)27/h3-10H,1-2H3. The number of alkyl halides is 6. The number of ketones is 1. The summed E-state index contributed by atoms with van der Waals surface area (Å²) in [4.78, 5) is 20.9. The van der Waals surface area contributed by atoms with Crippen LogP contribution in [0.1, 0.15) is 27.6 Å². The van der Waals surface area contributed by atoms with E-state index in [0.29, 0.717) is 0 Å². The Morgan fingerprint density at radius 2 is 1.09 bits per heavy atom. The van der Waals surface area contributed by atoms with Crippen molar-refractivity contribution in [1.82, 2.24) is 29.5 Å². The molecule has 0 saturated heterocycles. The van der Waals surface area contributed by atoms with Gasteiger partial charge in [-0.15, -0.1) is 10.2 Å². The predicted molar refractivity (Wildman–Crippen MR) is 106 cm³/mol. The highest BCUT2D eigenvalue weighted by atomic mass is 19.4. The monoisotopic (exact) mass is 480 g/mol. The summed E-state index contributed by atoms with van der Waals surface area (Å²) in [5, 5.41) is 7.90. The van der Waals surface area contributed by atoms with Gasteiger partial charge in [0.25, 0.3) is 5.78 Å².